The number of aromatic nitrogens is 1. The molecular weight excluding hydrogens is 322 g/mol. The average molecular weight is 346 g/mol. The molecule has 0 aliphatic carbocycles. The second-order valence-corrected chi connectivity index (χ2v) is 6.57. The Balaban J connectivity index is 1.62. The Morgan fingerprint density at radius 3 is 2.38 bits per heavy atom. The number of carbonyl (C=O) groups excluding carboxylic acids is 1. The lowest BCUT2D eigenvalue weighted by Crippen LogP contribution is -2.37. The lowest BCUT2D eigenvalue weighted by molar-refractivity contribution is -0.684. The van der Waals surface area contributed by atoms with E-state index in [0.29, 0.717) is 19.6 Å². The third-order valence-electron chi connectivity index (χ3n) is 4.46. The Bertz CT molecular complexity index is 867. The predicted molar refractivity (Wildman–Crippen MR) is 102 cm³/mol. The van der Waals surface area contributed by atoms with Crippen LogP contribution in [0, 0.1) is 13.8 Å². The van der Waals surface area contributed by atoms with Crippen LogP contribution in [-0.2, 0) is 24.4 Å². The molecular formula is C23H24NO2+. The third-order valence-corrected chi connectivity index (χ3v) is 4.46. The number of Topliss-reactive ketones (excluding diaryl/α,β-unsaturated/α-hetero) is 1. The smallest absolute Gasteiger partial charge is 0.211 e. The minimum Gasteiger partial charge on any atom is -0.483 e. The molecule has 0 unspecified atom stereocenters. The summed E-state index contributed by atoms with van der Waals surface area (Å²) in [5, 5.41) is 0. The van der Waals surface area contributed by atoms with Crippen LogP contribution in [0.2, 0.25) is 0 Å². The second-order valence-electron chi connectivity index (χ2n) is 6.57. The van der Waals surface area contributed by atoms with Gasteiger partial charge in [-0.15, -0.1) is 0 Å². The first-order valence-corrected chi connectivity index (χ1v) is 8.84. The summed E-state index contributed by atoms with van der Waals surface area (Å²) in [5.41, 5.74) is 4.59. The highest BCUT2D eigenvalue weighted by Crippen LogP contribution is 2.14. The molecule has 0 aliphatic heterocycles. The fourth-order valence-corrected chi connectivity index (χ4v) is 3.01. The lowest BCUT2D eigenvalue weighted by atomic mass is 9.98. The number of benzene rings is 2. The Labute approximate surface area is 154 Å². The van der Waals surface area contributed by atoms with Gasteiger partial charge in [0.2, 0.25) is 18.5 Å². The number of aryl methyl sites for hydroxylation is 2. The Morgan fingerprint density at radius 1 is 0.923 bits per heavy atom. The zero-order valence-corrected chi connectivity index (χ0v) is 15.3. The Kier molecular flexibility index (Phi) is 5.80. The molecule has 26 heavy (non-hydrogen) atoms. The van der Waals surface area contributed by atoms with Crippen molar-refractivity contribution in [2.45, 2.75) is 33.4 Å². The molecule has 0 N–H and O–H groups in total. The highest BCUT2D eigenvalue weighted by Gasteiger charge is 2.14. The van der Waals surface area contributed by atoms with Crippen LogP contribution in [-0.4, -0.2) is 5.78 Å². The number of rotatable bonds is 7. The summed E-state index contributed by atoms with van der Waals surface area (Å²) in [6.45, 7) is 4.97. The van der Waals surface area contributed by atoms with E-state index in [4.69, 9.17) is 4.74 Å². The molecule has 1 heterocycles. The van der Waals surface area contributed by atoms with Crippen LogP contribution in [0.5, 0.6) is 5.75 Å². The number of nitrogens with zero attached hydrogens (tertiary/aromatic N) is 1. The van der Waals surface area contributed by atoms with Crippen LogP contribution in [0.15, 0.2) is 73.1 Å². The van der Waals surface area contributed by atoms with E-state index in [1.165, 1.54) is 11.1 Å². The summed E-state index contributed by atoms with van der Waals surface area (Å²) in [6, 6.07) is 20.0. The van der Waals surface area contributed by atoms with E-state index in [1.54, 1.807) is 0 Å². The predicted octanol–water partition coefficient (Wildman–Crippen LogP) is 3.98. The molecule has 3 rings (SSSR count). The number of pyridine rings is 1. The van der Waals surface area contributed by atoms with Crippen molar-refractivity contribution in [1.29, 1.82) is 0 Å². The van der Waals surface area contributed by atoms with Gasteiger partial charge in [0.25, 0.3) is 0 Å². The van der Waals surface area contributed by atoms with Crippen LogP contribution < -0.4 is 9.30 Å². The van der Waals surface area contributed by atoms with Crippen molar-refractivity contribution in [2.75, 3.05) is 0 Å². The topological polar surface area (TPSA) is 30.2 Å². The first kappa shape index (κ1) is 17.9. The number of ether oxygens (including phenoxy) is 1. The Morgan fingerprint density at radius 2 is 1.65 bits per heavy atom. The maximum Gasteiger partial charge on any atom is 0.211 e. The summed E-state index contributed by atoms with van der Waals surface area (Å²) in [7, 11) is 0. The van der Waals surface area contributed by atoms with Gasteiger partial charge < -0.3 is 4.74 Å². The first-order valence-electron chi connectivity index (χ1n) is 8.84. The summed E-state index contributed by atoms with van der Waals surface area (Å²) in [5.74, 6) is 0.948. The average Bonchev–Trinajstić information content (AvgIpc) is 2.64. The van der Waals surface area contributed by atoms with E-state index in [-0.39, 0.29) is 5.78 Å². The molecule has 0 saturated heterocycles. The summed E-state index contributed by atoms with van der Waals surface area (Å²) in [6.07, 6.45) is 4.24. The van der Waals surface area contributed by atoms with Crippen LogP contribution >= 0.6 is 0 Å². The number of hydrogen-bond donors (Lipinski definition) is 0. The standard InChI is InChI=1S/C23H24NO2/c1-18-8-6-9-19(2)23(18)14-21(25)15-24-13-7-12-22(16-24)26-17-20-10-4-3-5-11-20/h3-13,16H,14-15,17H2,1-2H3/q+1. The molecule has 3 nitrogen and oxygen atoms in total. The molecule has 0 aliphatic rings. The van der Waals surface area contributed by atoms with Crippen LogP contribution in [0.4, 0.5) is 0 Å². The van der Waals surface area contributed by atoms with Crippen molar-refractivity contribution in [3.63, 3.8) is 0 Å². The van der Waals surface area contributed by atoms with Crippen LogP contribution in [0.25, 0.3) is 0 Å². The van der Waals surface area contributed by atoms with Crippen molar-refractivity contribution < 1.29 is 14.1 Å². The molecule has 3 aromatic rings. The third kappa shape index (κ3) is 4.79. The van der Waals surface area contributed by atoms with Gasteiger partial charge in [-0.3, -0.25) is 4.79 Å². The maximum absolute atomic E-state index is 12.5. The molecule has 0 atom stereocenters. The van der Waals surface area contributed by atoms with Gasteiger partial charge in [0.15, 0.2) is 11.9 Å². The van der Waals surface area contributed by atoms with Crippen molar-refractivity contribution in [3.8, 4) is 5.75 Å². The van der Waals surface area contributed by atoms with Crippen LogP contribution in [0.3, 0.4) is 0 Å². The molecule has 3 heteroatoms. The molecule has 2 aromatic carbocycles. The van der Waals surface area contributed by atoms with E-state index >= 15 is 0 Å². The molecule has 0 spiro atoms. The minimum absolute atomic E-state index is 0.188. The highest BCUT2D eigenvalue weighted by atomic mass is 16.5. The summed E-state index contributed by atoms with van der Waals surface area (Å²) < 4.78 is 7.72. The minimum atomic E-state index is 0.188. The molecule has 0 bridgehead atoms. The van der Waals surface area contributed by atoms with Gasteiger partial charge in [-0.05, 0) is 42.2 Å². The van der Waals surface area contributed by atoms with E-state index in [1.807, 2.05) is 65.5 Å². The highest BCUT2D eigenvalue weighted by molar-refractivity contribution is 5.80. The molecule has 0 fully saturated rings. The summed E-state index contributed by atoms with van der Waals surface area (Å²) >= 11 is 0. The normalized spacial score (nSPS) is 10.5. The van der Waals surface area contributed by atoms with Crippen molar-refractivity contribution in [3.05, 3.63) is 95.3 Å². The maximum atomic E-state index is 12.5. The Hall–Kier alpha value is -2.94. The zero-order chi connectivity index (χ0) is 18.4. The van der Waals surface area contributed by atoms with E-state index < -0.39 is 0 Å². The fourth-order valence-electron chi connectivity index (χ4n) is 3.01. The SMILES string of the molecule is Cc1cccc(C)c1CC(=O)C[n+]1cccc(OCc2ccccc2)c1. The first-order chi connectivity index (χ1) is 12.6. The van der Waals surface area contributed by atoms with Gasteiger partial charge in [0, 0.05) is 12.5 Å². The molecule has 0 radical (unpaired) electrons. The fraction of sp³-hybridized carbons (Fsp3) is 0.217. The molecule has 0 saturated carbocycles. The van der Waals surface area contributed by atoms with Crippen molar-refractivity contribution in [2.24, 2.45) is 0 Å². The van der Waals surface area contributed by atoms with Crippen molar-refractivity contribution in [1.82, 2.24) is 0 Å². The molecule has 1 aromatic heterocycles. The molecule has 132 valence electrons. The molecule has 0 amide bonds. The number of carbonyl (C=O) groups is 1. The summed E-state index contributed by atoms with van der Waals surface area (Å²) in [4.78, 5) is 12.5. The van der Waals surface area contributed by atoms with E-state index in [2.05, 4.69) is 26.0 Å². The van der Waals surface area contributed by atoms with Gasteiger partial charge >= 0.3 is 0 Å². The van der Waals surface area contributed by atoms with Crippen molar-refractivity contribution >= 4 is 5.78 Å². The largest absolute Gasteiger partial charge is 0.483 e. The van der Waals surface area contributed by atoms with Gasteiger partial charge in [0.05, 0.1) is 0 Å². The van der Waals surface area contributed by atoms with Gasteiger partial charge in [-0.25, -0.2) is 0 Å². The number of ketones is 1. The quantitative estimate of drug-likeness (QED) is 0.606. The van der Waals surface area contributed by atoms with E-state index in [0.717, 1.165) is 16.9 Å². The van der Waals surface area contributed by atoms with Gasteiger partial charge in [-0.2, -0.15) is 4.57 Å². The van der Waals surface area contributed by atoms with Gasteiger partial charge in [0.1, 0.15) is 6.61 Å². The monoisotopic (exact) mass is 346 g/mol. The van der Waals surface area contributed by atoms with Gasteiger partial charge in [-0.1, -0.05) is 48.5 Å². The zero-order valence-electron chi connectivity index (χ0n) is 15.3. The second kappa shape index (κ2) is 8.43. The lowest BCUT2D eigenvalue weighted by Gasteiger charge is -2.08. The van der Waals surface area contributed by atoms with Crippen LogP contribution in [0.1, 0.15) is 22.3 Å². The van der Waals surface area contributed by atoms with E-state index in [9.17, 15) is 4.79 Å². The number of hydrogen-bond acceptors (Lipinski definition) is 2.